The summed E-state index contributed by atoms with van der Waals surface area (Å²) in [5.74, 6) is 0. The number of aryl methyl sites for hydroxylation is 1. The van der Waals surface area contributed by atoms with E-state index in [9.17, 15) is 0 Å². The molecule has 0 saturated heterocycles. The topological polar surface area (TPSA) is 0 Å². The standard InChI is InChI=1S/C9H10.C4H7Br/c1-3-9-6-4-8(2)5-7-9;1-4(2)3-5/h3-7H,1H2,2H3;3H,1-2H3. The van der Waals surface area contributed by atoms with Crippen LogP contribution in [0.2, 0.25) is 0 Å². The van der Waals surface area contributed by atoms with E-state index in [1.165, 1.54) is 16.7 Å². The highest BCUT2D eigenvalue weighted by Crippen LogP contribution is 2.02. The molecule has 0 nitrogen and oxygen atoms in total. The second-order valence-electron chi connectivity index (χ2n) is 3.30. The number of hydrogen-bond donors (Lipinski definition) is 0. The van der Waals surface area contributed by atoms with Crippen molar-refractivity contribution < 1.29 is 0 Å². The number of hydrogen-bond acceptors (Lipinski definition) is 0. The first-order valence-electron chi connectivity index (χ1n) is 4.53. The molecular formula is C13H17Br. The highest BCUT2D eigenvalue weighted by atomic mass is 79.9. The summed E-state index contributed by atoms with van der Waals surface area (Å²) < 4.78 is 0. The molecule has 0 N–H and O–H groups in total. The molecule has 0 saturated carbocycles. The van der Waals surface area contributed by atoms with Gasteiger partial charge in [0.25, 0.3) is 0 Å². The van der Waals surface area contributed by atoms with E-state index in [1.54, 1.807) is 0 Å². The summed E-state index contributed by atoms with van der Waals surface area (Å²) in [5.41, 5.74) is 3.77. The van der Waals surface area contributed by atoms with E-state index in [-0.39, 0.29) is 0 Å². The van der Waals surface area contributed by atoms with Gasteiger partial charge in [0.2, 0.25) is 0 Å². The molecule has 1 aromatic rings. The largest absolute Gasteiger partial charge is 0.0985 e. The van der Waals surface area contributed by atoms with Gasteiger partial charge in [-0.15, -0.1) is 0 Å². The van der Waals surface area contributed by atoms with Gasteiger partial charge >= 0.3 is 0 Å². The monoisotopic (exact) mass is 252 g/mol. The summed E-state index contributed by atoms with van der Waals surface area (Å²) in [6.07, 6.45) is 1.85. The molecule has 0 bridgehead atoms. The van der Waals surface area contributed by atoms with Crippen molar-refractivity contribution in [2.45, 2.75) is 20.8 Å². The van der Waals surface area contributed by atoms with Crippen LogP contribution in [0.1, 0.15) is 25.0 Å². The van der Waals surface area contributed by atoms with Crippen LogP contribution < -0.4 is 0 Å². The highest BCUT2D eigenvalue weighted by molar-refractivity contribution is 9.11. The summed E-state index contributed by atoms with van der Waals surface area (Å²) in [4.78, 5) is 1.90. The van der Waals surface area contributed by atoms with Crippen molar-refractivity contribution in [3.8, 4) is 0 Å². The van der Waals surface area contributed by atoms with Gasteiger partial charge < -0.3 is 0 Å². The summed E-state index contributed by atoms with van der Waals surface area (Å²) in [7, 11) is 0. The molecule has 1 aromatic carbocycles. The minimum Gasteiger partial charge on any atom is -0.0985 e. The molecule has 1 heteroatoms. The Morgan fingerprint density at radius 1 is 1.21 bits per heavy atom. The number of benzene rings is 1. The maximum absolute atomic E-state index is 3.66. The lowest BCUT2D eigenvalue weighted by atomic mass is 10.2. The van der Waals surface area contributed by atoms with Gasteiger partial charge in [-0.2, -0.15) is 0 Å². The van der Waals surface area contributed by atoms with Gasteiger partial charge in [0, 0.05) is 0 Å². The summed E-state index contributed by atoms with van der Waals surface area (Å²) in [6, 6.07) is 8.28. The van der Waals surface area contributed by atoms with Crippen molar-refractivity contribution in [1.82, 2.24) is 0 Å². The number of allylic oxidation sites excluding steroid dienone is 1. The van der Waals surface area contributed by atoms with Crippen molar-refractivity contribution in [2.75, 3.05) is 0 Å². The van der Waals surface area contributed by atoms with E-state index in [4.69, 9.17) is 0 Å². The van der Waals surface area contributed by atoms with Crippen LogP contribution in [0.4, 0.5) is 0 Å². The molecule has 0 aliphatic heterocycles. The Morgan fingerprint density at radius 3 is 1.93 bits per heavy atom. The van der Waals surface area contributed by atoms with Gasteiger partial charge in [0.1, 0.15) is 0 Å². The Hall–Kier alpha value is -0.820. The third kappa shape index (κ3) is 6.67. The lowest BCUT2D eigenvalue weighted by Crippen LogP contribution is -1.71. The summed E-state index contributed by atoms with van der Waals surface area (Å²) in [6.45, 7) is 9.81. The van der Waals surface area contributed by atoms with Gasteiger partial charge in [-0.1, -0.05) is 64.0 Å². The Labute approximate surface area is 95.5 Å². The van der Waals surface area contributed by atoms with E-state index < -0.39 is 0 Å². The average molecular weight is 253 g/mol. The number of halogens is 1. The fourth-order valence-corrected chi connectivity index (χ4v) is 0.703. The maximum atomic E-state index is 3.66. The predicted octanol–water partition coefficient (Wildman–Crippen LogP) is 4.94. The Kier molecular flexibility index (Phi) is 7.13. The number of rotatable bonds is 1. The quantitative estimate of drug-likeness (QED) is 0.664. The molecule has 0 spiro atoms. The molecule has 0 amide bonds. The fourth-order valence-electron chi connectivity index (χ4n) is 0.703. The molecule has 14 heavy (non-hydrogen) atoms. The zero-order valence-electron chi connectivity index (χ0n) is 9.05. The second kappa shape index (κ2) is 7.57. The van der Waals surface area contributed by atoms with Crippen LogP contribution in [0.5, 0.6) is 0 Å². The van der Waals surface area contributed by atoms with Crippen LogP contribution in [0.25, 0.3) is 6.08 Å². The molecule has 0 aromatic heterocycles. The summed E-state index contributed by atoms with van der Waals surface area (Å²) in [5, 5.41) is 0. The highest BCUT2D eigenvalue weighted by Gasteiger charge is 1.82. The molecule has 0 unspecified atom stereocenters. The molecule has 0 fully saturated rings. The molecule has 1 rings (SSSR count). The van der Waals surface area contributed by atoms with Crippen molar-refractivity contribution in [3.63, 3.8) is 0 Å². The second-order valence-corrected chi connectivity index (χ2v) is 3.76. The molecule has 0 atom stereocenters. The first-order valence-corrected chi connectivity index (χ1v) is 5.44. The van der Waals surface area contributed by atoms with E-state index in [0.29, 0.717) is 0 Å². The Bertz CT molecular complexity index is 290. The molecule has 0 aliphatic carbocycles. The van der Waals surface area contributed by atoms with Gasteiger partial charge in [0.15, 0.2) is 0 Å². The van der Waals surface area contributed by atoms with E-state index in [2.05, 4.69) is 53.7 Å². The van der Waals surface area contributed by atoms with Crippen molar-refractivity contribution in [1.29, 1.82) is 0 Å². The van der Waals surface area contributed by atoms with Crippen LogP contribution in [-0.2, 0) is 0 Å². The van der Waals surface area contributed by atoms with E-state index in [1.807, 2.05) is 24.9 Å². The fraction of sp³-hybridized carbons (Fsp3) is 0.231. The van der Waals surface area contributed by atoms with E-state index >= 15 is 0 Å². The van der Waals surface area contributed by atoms with Crippen LogP contribution in [0.15, 0.2) is 41.4 Å². The van der Waals surface area contributed by atoms with Crippen molar-refractivity contribution >= 4 is 22.0 Å². The lowest BCUT2D eigenvalue weighted by Gasteiger charge is -1.91. The third-order valence-corrected chi connectivity index (χ3v) is 2.45. The normalized spacial score (nSPS) is 8.29. The van der Waals surface area contributed by atoms with Crippen LogP contribution >= 0.6 is 15.9 Å². The zero-order valence-corrected chi connectivity index (χ0v) is 10.6. The molecule has 76 valence electrons. The van der Waals surface area contributed by atoms with Crippen LogP contribution in [0, 0.1) is 6.92 Å². The van der Waals surface area contributed by atoms with Gasteiger partial charge in [-0.25, -0.2) is 0 Å². The third-order valence-electron chi connectivity index (χ3n) is 1.53. The van der Waals surface area contributed by atoms with Gasteiger partial charge in [-0.3, -0.25) is 0 Å². The average Bonchev–Trinajstić information content (AvgIpc) is 2.20. The SMILES string of the molecule is C=Cc1ccc(C)cc1.CC(C)=CBr. The minimum absolute atomic E-state index is 1.18. The predicted molar refractivity (Wildman–Crippen MR) is 69.6 cm³/mol. The lowest BCUT2D eigenvalue weighted by molar-refractivity contribution is 1.42. The zero-order chi connectivity index (χ0) is 11.0. The first-order chi connectivity index (χ1) is 6.60. The molecular weight excluding hydrogens is 236 g/mol. The Balaban J connectivity index is 0.000000292. The summed E-state index contributed by atoms with van der Waals surface area (Å²) >= 11 is 3.15. The maximum Gasteiger partial charge on any atom is -0.0202 e. The Morgan fingerprint density at radius 2 is 1.64 bits per heavy atom. The van der Waals surface area contributed by atoms with Gasteiger partial charge in [0.05, 0.1) is 0 Å². The first kappa shape index (κ1) is 13.2. The van der Waals surface area contributed by atoms with Crippen molar-refractivity contribution in [3.05, 3.63) is 52.5 Å². The van der Waals surface area contributed by atoms with Crippen molar-refractivity contribution in [2.24, 2.45) is 0 Å². The van der Waals surface area contributed by atoms with Crippen LogP contribution in [-0.4, -0.2) is 0 Å². The van der Waals surface area contributed by atoms with Crippen LogP contribution in [0.3, 0.4) is 0 Å². The molecule has 0 aliphatic rings. The molecule has 0 radical (unpaired) electrons. The smallest absolute Gasteiger partial charge is 0.0202 e. The molecule has 0 heterocycles. The minimum atomic E-state index is 1.18. The van der Waals surface area contributed by atoms with E-state index in [0.717, 1.165) is 0 Å². The van der Waals surface area contributed by atoms with Gasteiger partial charge in [-0.05, 0) is 31.3 Å².